The van der Waals surface area contributed by atoms with Crippen LogP contribution in [0.2, 0.25) is 0 Å². The summed E-state index contributed by atoms with van der Waals surface area (Å²) < 4.78 is 27.6. The Morgan fingerprint density at radius 2 is 1.79 bits per heavy atom. The number of carbonyl (C=O) groups excluding carboxylic acids is 1. The van der Waals surface area contributed by atoms with Crippen molar-refractivity contribution in [2.24, 2.45) is 5.92 Å². The topological polar surface area (TPSA) is 69.7 Å². The SMILES string of the molecule is Cc1ccc(C)c(S(=O)(=O)N2CCN(CC(=O)NC3CCCCC3C)CC2)c1. The molecule has 1 heterocycles. The Labute approximate surface area is 169 Å². The van der Waals surface area contributed by atoms with E-state index in [-0.39, 0.29) is 11.9 Å². The van der Waals surface area contributed by atoms with E-state index in [1.54, 1.807) is 10.4 Å². The molecule has 1 saturated carbocycles. The van der Waals surface area contributed by atoms with Crippen LogP contribution in [0.3, 0.4) is 0 Å². The first-order valence-corrected chi connectivity index (χ1v) is 11.8. The Morgan fingerprint density at radius 1 is 1.11 bits per heavy atom. The summed E-state index contributed by atoms with van der Waals surface area (Å²) in [5.74, 6) is 0.599. The molecule has 0 aromatic heterocycles. The predicted octanol–water partition coefficient (Wildman–Crippen LogP) is 2.30. The second-order valence-electron chi connectivity index (χ2n) is 8.38. The largest absolute Gasteiger partial charge is 0.352 e. The average Bonchev–Trinajstić information content (AvgIpc) is 2.66. The number of aryl methyl sites for hydroxylation is 2. The highest BCUT2D eigenvalue weighted by Gasteiger charge is 2.30. The van der Waals surface area contributed by atoms with Crippen molar-refractivity contribution in [2.75, 3.05) is 32.7 Å². The van der Waals surface area contributed by atoms with Gasteiger partial charge in [0.2, 0.25) is 15.9 Å². The predicted molar refractivity (Wildman–Crippen MR) is 111 cm³/mol. The standard InChI is InChI=1S/C21H33N3O3S/c1-16-8-9-18(3)20(14-16)28(26,27)24-12-10-23(11-13-24)15-21(25)22-19-7-5-4-6-17(19)2/h8-9,14,17,19H,4-7,10-13,15H2,1-3H3,(H,22,25). The molecular weight excluding hydrogens is 374 g/mol. The van der Waals surface area contributed by atoms with Crippen LogP contribution in [0.25, 0.3) is 0 Å². The number of amides is 1. The highest BCUT2D eigenvalue weighted by Crippen LogP contribution is 2.24. The Kier molecular flexibility index (Phi) is 6.78. The smallest absolute Gasteiger partial charge is 0.243 e. The Morgan fingerprint density at radius 3 is 2.46 bits per heavy atom. The highest BCUT2D eigenvalue weighted by atomic mass is 32.2. The van der Waals surface area contributed by atoms with E-state index >= 15 is 0 Å². The highest BCUT2D eigenvalue weighted by molar-refractivity contribution is 7.89. The molecule has 1 N–H and O–H groups in total. The Balaban J connectivity index is 1.54. The van der Waals surface area contributed by atoms with Crippen LogP contribution < -0.4 is 5.32 Å². The molecule has 1 aromatic rings. The molecule has 2 aliphatic rings. The lowest BCUT2D eigenvalue weighted by atomic mass is 9.86. The van der Waals surface area contributed by atoms with Crippen molar-refractivity contribution >= 4 is 15.9 Å². The van der Waals surface area contributed by atoms with Crippen molar-refractivity contribution in [3.8, 4) is 0 Å². The van der Waals surface area contributed by atoms with E-state index in [0.29, 0.717) is 43.5 Å². The summed E-state index contributed by atoms with van der Waals surface area (Å²) in [7, 11) is -3.49. The number of carbonyl (C=O) groups is 1. The lowest BCUT2D eigenvalue weighted by Crippen LogP contribution is -2.52. The number of hydrogen-bond acceptors (Lipinski definition) is 4. The van der Waals surface area contributed by atoms with E-state index in [1.807, 2.05) is 26.0 Å². The summed E-state index contributed by atoms with van der Waals surface area (Å²) in [6.45, 7) is 8.30. The van der Waals surface area contributed by atoms with Gasteiger partial charge in [0.15, 0.2) is 0 Å². The van der Waals surface area contributed by atoms with E-state index < -0.39 is 10.0 Å². The molecule has 1 aliphatic heterocycles. The van der Waals surface area contributed by atoms with Crippen LogP contribution >= 0.6 is 0 Å². The number of benzene rings is 1. The molecule has 156 valence electrons. The van der Waals surface area contributed by atoms with Crippen LogP contribution in [0, 0.1) is 19.8 Å². The minimum atomic E-state index is -3.49. The summed E-state index contributed by atoms with van der Waals surface area (Å²) in [6.07, 6.45) is 4.68. The fourth-order valence-electron chi connectivity index (χ4n) is 4.24. The zero-order chi connectivity index (χ0) is 20.3. The fourth-order valence-corrected chi connectivity index (χ4v) is 5.97. The molecule has 2 fully saturated rings. The molecule has 0 spiro atoms. The molecule has 1 amide bonds. The van der Waals surface area contributed by atoms with Gasteiger partial charge >= 0.3 is 0 Å². The van der Waals surface area contributed by atoms with Crippen LogP contribution in [-0.2, 0) is 14.8 Å². The monoisotopic (exact) mass is 407 g/mol. The van der Waals surface area contributed by atoms with Gasteiger partial charge in [0.1, 0.15) is 0 Å². The van der Waals surface area contributed by atoms with Gasteiger partial charge in [-0.05, 0) is 49.8 Å². The Hall–Kier alpha value is -1.44. The second kappa shape index (κ2) is 8.93. The zero-order valence-electron chi connectivity index (χ0n) is 17.3. The molecular formula is C21H33N3O3S. The van der Waals surface area contributed by atoms with Crippen LogP contribution in [-0.4, -0.2) is 62.3 Å². The second-order valence-corrected chi connectivity index (χ2v) is 10.3. The molecule has 0 bridgehead atoms. The summed E-state index contributed by atoms with van der Waals surface area (Å²) in [6, 6.07) is 5.82. The van der Waals surface area contributed by atoms with Gasteiger partial charge in [-0.2, -0.15) is 4.31 Å². The lowest BCUT2D eigenvalue weighted by molar-refractivity contribution is -0.123. The molecule has 1 aliphatic carbocycles. The number of hydrogen-bond donors (Lipinski definition) is 1. The number of rotatable bonds is 5. The maximum absolute atomic E-state index is 13.0. The minimum absolute atomic E-state index is 0.0598. The molecule has 2 unspecified atom stereocenters. The van der Waals surface area contributed by atoms with Crippen LogP contribution in [0.5, 0.6) is 0 Å². The number of nitrogens with zero attached hydrogens (tertiary/aromatic N) is 2. The maximum atomic E-state index is 13.0. The van der Waals surface area contributed by atoms with Crippen molar-refractivity contribution in [1.29, 1.82) is 0 Å². The van der Waals surface area contributed by atoms with Crippen molar-refractivity contribution in [3.63, 3.8) is 0 Å². The zero-order valence-corrected chi connectivity index (χ0v) is 18.1. The number of piperazine rings is 1. The Bertz CT molecular complexity index is 801. The minimum Gasteiger partial charge on any atom is -0.352 e. The molecule has 3 rings (SSSR count). The van der Waals surface area contributed by atoms with Gasteiger partial charge < -0.3 is 5.32 Å². The normalized spacial score (nSPS) is 24.8. The van der Waals surface area contributed by atoms with Crippen molar-refractivity contribution < 1.29 is 13.2 Å². The van der Waals surface area contributed by atoms with Gasteiger partial charge in [-0.3, -0.25) is 9.69 Å². The summed E-state index contributed by atoms with van der Waals surface area (Å²) in [5, 5.41) is 3.18. The average molecular weight is 408 g/mol. The number of nitrogens with one attached hydrogen (secondary N) is 1. The number of sulfonamides is 1. The summed E-state index contributed by atoms with van der Waals surface area (Å²) in [5.41, 5.74) is 1.71. The van der Waals surface area contributed by atoms with E-state index in [0.717, 1.165) is 17.5 Å². The van der Waals surface area contributed by atoms with Crippen molar-refractivity contribution in [2.45, 2.75) is 57.4 Å². The van der Waals surface area contributed by atoms with E-state index in [1.165, 1.54) is 19.3 Å². The third kappa shape index (κ3) is 4.93. The molecule has 1 saturated heterocycles. The van der Waals surface area contributed by atoms with Crippen LogP contribution in [0.4, 0.5) is 0 Å². The van der Waals surface area contributed by atoms with E-state index in [9.17, 15) is 13.2 Å². The first-order valence-electron chi connectivity index (χ1n) is 10.4. The van der Waals surface area contributed by atoms with Crippen LogP contribution in [0.1, 0.15) is 43.7 Å². The van der Waals surface area contributed by atoms with Crippen molar-refractivity contribution in [3.05, 3.63) is 29.3 Å². The van der Waals surface area contributed by atoms with Gasteiger partial charge in [0.05, 0.1) is 11.4 Å². The molecule has 28 heavy (non-hydrogen) atoms. The van der Waals surface area contributed by atoms with Crippen molar-refractivity contribution in [1.82, 2.24) is 14.5 Å². The quantitative estimate of drug-likeness (QED) is 0.813. The molecule has 7 heteroatoms. The molecule has 1 aromatic carbocycles. The van der Waals surface area contributed by atoms with Gasteiger partial charge in [0, 0.05) is 32.2 Å². The lowest BCUT2D eigenvalue weighted by Gasteiger charge is -2.35. The van der Waals surface area contributed by atoms with E-state index in [2.05, 4.69) is 17.1 Å². The van der Waals surface area contributed by atoms with Crippen LogP contribution in [0.15, 0.2) is 23.1 Å². The summed E-state index contributed by atoms with van der Waals surface area (Å²) >= 11 is 0. The fraction of sp³-hybridized carbons (Fsp3) is 0.667. The third-order valence-electron chi connectivity index (χ3n) is 6.12. The first kappa shape index (κ1) is 21.3. The van der Waals surface area contributed by atoms with Gasteiger partial charge in [-0.15, -0.1) is 0 Å². The van der Waals surface area contributed by atoms with Gasteiger partial charge in [-0.1, -0.05) is 31.9 Å². The first-order chi connectivity index (χ1) is 13.3. The summed E-state index contributed by atoms with van der Waals surface area (Å²) in [4.78, 5) is 14.9. The molecule has 6 nitrogen and oxygen atoms in total. The van der Waals surface area contributed by atoms with Gasteiger partial charge in [-0.25, -0.2) is 8.42 Å². The molecule has 0 radical (unpaired) electrons. The third-order valence-corrected chi connectivity index (χ3v) is 8.16. The molecule has 2 atom stereocenters. The van der Waals surface area contributed by atoms with Gasteiger partial charge in [0.25, 0.3) is 0 Å². The van der Waals surface area contributed by atoms with E-state index in [4.69, 9.17) is 0 Å². The maximum Gasteiger partial charge on any atom is 0.243 e.